The Morgan fingerprint density at radius 1 is 1.31 bits per heavy atom. The van der Waals surface area contributed by atoms with Gasteiger partial charge in [-0.05, 0) is 5.56 Å². The van der Waals surface area contributed by atoms with Crippen molar-refractivity contribution in [1.29, 1.82) is 5.41 Å². The van der Waals surface area contributed by atoms with Crippen LogP contribution in [0.2, 0.25) is 0 Å². The summed E-state index contributed by atoms with van der Waals surface area (Å²) in [5, 5.41) is 7.46. The van der Waals surface area contributed by atoms with E-state index in [2.05, 4.69) is 0 Å². The van der Waals surface area contributed by atoms with E-state index in [1.165, 1.54) is 0 Å². The Kier molecular flexibility index (Phi) is 4.70. The zero-order valence-corrected chi connectivity index (χ0v) is 9.69. The zero-order valence-electron chi connectivity index (χ0n) is 9.69. The Labute approximate surface area is 95.9 Å². The predicted octanol–water partition coefficient (Wildman–Crippen LogP) is 2.45. The van der Waals surface area contributed by atoms with Crippen LogP contribution in [0.4, 0.5) is 0 Å². The van der Waals surface area contributed by atoms with E-state index in [0.717, 1.165) is 5.56 Å². The summed E-state index contributed by atoms with van der Waals surface area (Å²) in [6, 6.07) is 9.83. The third-order valence-corrected chi connectivity index (χ3v) is 2.26. The highest BCUT2D eigenvalue weighted by Crippen LogP contribution is 2.01. The number of benzene rings is 1. The molecule has 3 nitrogen and oxygen atoms in total. The van der Waals surface area contributed by atoms with Gasteiger partial charge >= 0.3 is 5.97 Å². The first-order valence-corrected chi connectivity index (χ1v) is 5.40. The van der Waals surface area contributed by atoms with Crippen molar-refractivity contribution in [1.82, 2.24) is 0 Å². The quantitative estimate of drug-likeness (QED) is 0.611. The van der Waals surface area contributed by atoms with E-state index < -0.39 is 5.97 Å². The number of hydrogen-bond acceptors (Lipinski definition) is 3. The molecular weight excluding hydrogens is 202 g/mol. The van der Waals surface area contributed by atoms with E-state index in [1.54, 1.807) is 13.8 Å². The molecule has 1 N–H and O–H groups in total. The third kappa shape index (κ3) is 3.85. The molecule has 0 heterocycles. The minimum atomic E-state index is -0.508. The van der Waals surface area contributed by atoms with Gasteiger partial charge in [-0.15, -0.1) is 0 Å². The predicted molar refractivity (Wildman–Crippen MR) is 63.7 cm³/mol. The lowest BCUT2D eigenvalue weighted by Crippen LogP contribution is -2.22. The van der Waals surface area contributed by atoms with Gasteiger partial charge in [-0.2, -0.15) is 0 Å². The Hall–Kier alpha value is -1.64. The van der Waals surface area contributed by atoms with Gasteiger partial charge in [0.25, 0.3) is 0 Å². The van der Waals surface area contributed by atoms with Crippen LogP contribution in [0.3, 0.4) is 0 Å². The highest BCUT2D eigenvalue weighted by Gasteiger charge is 2.14. The minimum Gasteiger partial charge on any atom is -0.461 e. The molecule has 1 aromatic rings. The maximum absolute atomic E-state index is 11.3. The highest BCUT2D eigenvalue weighted by atomic mass is 16.5. The van der Waals surface area contributed by atoms with Gasteiger partial charge in [0.1, 0.15) is 5.71 Å². The van der Waals surface area contributed by atoms with E-state index in [4.69, 9.17) is 10.1 Å². The molecule has 86 valence electrons. The molecule has 0 aromatic heterocycles. The largest absolute Gasteiger partial charge is 0.461 e. The van der Waals surface area contributed by atoms with Crippen LogP contribution < -0.4 is 0 Å². The van der Waals surface area contributed by atoms with Crippen LogP contribution in [-0.2, 0) is 16.0 Å². The van der Waals surface area contributed by atoms with Crippen molar-refractivity contribution in [3.8, 4) is 0 Å². The molecule has 3 heteroatoms. The molecular formula is C13H17NO2. The maximum atomic E-state index is 11.3. The first kappa shape index (κ1) is 12.4. The summed E-state index contributed by atoms with van der Waals surface area (Å²) in [5.74, 6) is -0.588. The number of carbonyl (C=O) groups is 1. The highest BCUT2D eigenvalue weighted by molar-refractivity contribution is 6.35. The fourth-order valence-electron chi connectivity index (χ4n) is 1.22. The molecule has 0 unspecified atom stereocenters. The third-order valence-electron chi connectivity index (χ3n) is 2.26. The topological polar surface area (TPSA) is 50.2 Å². The van der Waals surface area contributed by atoms with Gasteiger partial charge in [0.2, 0.25) is 0 Å². The van der Waals surface area contributed by atoms with Crippen LogP contribution in [0.15, 0.2) is 30.3 Å². The van der Waals surface area contributed by atoms with Gasteiger partial charge < -0.3 is 4.74 Å². The lowest BCUT2D eigenvalue weighted by atomic mass is 10.1. The summed E-state index contributed by atoms with van der Waals surface area (Å²) in [5.41, 5.74) is 1.17. The van der Waals surface area contributed by atoms with Crippen molar-refractivity contribution in [3.05, 3.63) is 35.9 Å². The normalized spacial score (nSPS) is 10.2. The first-order chi connectivity index (χ1) is 7.61. The van der Waals surface area contributed by atoms with Crippen molar-refractivity contribution in [2.45, 2.75) is 20.3 Å². The molecule has 0 amide bonds. The molecule has 16 heavy (non-hydrogen) atoms. The summed E-state index contributed by atoms with van der Waals surface area (Å²) in [6.45, 7) is 3.94. The second-order valence-electron chi connectivity index (χ2n) is 3.94. The summed E-state index contributed by atoms with van der Waals surface area (Å²) < 4.78 is 5.01. The molecule has 0 saturated carbocycles. The number of rotatable bonds is 5. The van der Waals surface area contributed by atoms with Crippen LogP contribution in [0.25, 0.3) is 0 Å². The molecule has 0 fully saturated rings. The second-order valence-corrected chi connectivity index (χ2v) is 3.94. The Morgan fingerprint density at radius 3 is 2.50 bits per heavy atom. The number of nitrogens with one attached hydrogen (secondary N) is 1. The van der Waals surface area contributed by atoms with Gasteiger partial charge in [-0.3, -0.25) is 5.41 Å². The standard InChI is InChI=1S/C13H17NO2/c1-10(2)12(14)13(15)16-9-8-11-6-4-3-5-7-11/h3-7,10,14H,8-9H2,1-2H3. The molecule has 1 rings (SSSR count). The molecule has 0 bridgehead atoms. The first-order valence-electron chi connectivity index (χ1n) is 5.40. The average Bonchev–Trinajstić information content (AvgIpc) is 2.29. The fraction of sp³-hybridized carbons (Fsp3) is 0.385. The van der Waals surface area contributed by atoms with Gasteiger partial charge in [-0.25, -0.2) is 4.79 Å². The zero-order chi connectivity index (χ0) is 12.0. The van der Waals surface area contributed by atoms with Crippen LogP contribution in [0.5, 0.6) is 0 Å². The summed E-state index contributed by atoms with van der Waals surface area (Å²) >= 11 is 0. The van der Waals surface area contributed by atoms with Crippen LogP contribution in [0, 0.1) is 11.3 Å². The van der Waals surface area contributed by atoms with E-state index in [1.807, 2.05) is 30.3 Å². The lowest BCUT2D eigenvalue weighted by Gasteiger charge is -2.07. The van der Waals surface area contributed by atoms with E-state index in [9.17, 15) is 4.79 Å². The molecule has 0 radical (unpaired) electrons. The summed E-state index contributed by atoms with van der Waals surface area (Å²) in [7, 11) is 0. The smallest absolute Gasteiger partial charge is 0.352 e. The molecule has 0 saturated heterocycles. The molecule has 0 atom stereocenters. The van der Waals surface area contributed by atoms with Crippen molar-refractivity contribution < 1.29 is 9.53 Å². The Bertz CT molecular complexity index is 357. The van der Waals surface area contributed by atoms with Crippen LogP contribution in [0.1, 0.15) is 19.4 Å². The number of esters is 1. The van der Waals surface area contributed by atoms with E-state index in [0.29, 0.717) is 13.0 Å². The monoisotopic (exact) mass is 219 g/mol. The molecule has 0 aliphatic heterocycles. The van der Waals surface area contributed by atoms with Gasteiger partial charge in [0, 0.05) is 12.3 Å². The molecule has 1 aromatic carbocycles. The van der Waals surface area contributed by atoms with Crippen molar-refractivity contribution in [2.24, 2.45) is 5.92 Å². The Morgan fingerprint density at radius 2 is 1.94 bits per heavy atom. The molecule has 0 aliphatic rings. The van der Waals surface area contributed by atoms with Gasteiger partial charge in [0.05, 0.1) is 6.61 Å². The molecule has 0 spiro atoms. The SMILES string of the molecule is CC(C)C(=N)C(=O)OCCc1ccccc1. The van der Waals surface area contributed by atoms with Crippen LogP contribution in [-0.4, -0.2) is 18.3 Å². The number of carbonyl (C=O) groups excluding carboxylic acids is 1. The number of ether oxygens (including phenoxy) is 1. The van der Waals surface area contributed by atoms with Gasteiger partial charge in [0.15, 0.2) is 0 Å². The lowest BCUT2D eigenvalue weighted by molar-refractivity contribution is -0.135. The van der Waals surface area contributed by atoms with Gasteiger partial charge in [-0.1, -0.05) is 44.2 Å². The van der Waals surface area contributed by atoms with Crippen molar-refractivity contribution in [2.75, 3.05) is 6.61 Å². The van der Waals surface area contributed by atoms with Crippen LogP contribution >= 0.6 is 0 Å². The van der Waals surface area contributed by atoms with E-state index >= 15 is 0 Å². The minimum absolute atomic E-state index is 0.0352. The van der Waals surface area contributed by atoms with Crippen molar-refractivity contribution in [3.63, 3.8) is 0 Å². The molecule has 0 aliphatic carbocycles. The summed E-state index contributed by atoms with van der Waals surface area (Å²) in [6.07, 6.45) is 0.692. The summed E-state index contributed by atoms with van der Waals surface area (Å²) in [4.78, 5) is 11.3. The second kappa shape index (κ2) is 6.05. The van der Waals surface area contributed by atoms with E-state index in [-0.39, 0.29) is 11.6 Å². The maximum Gasteiger partial charge on any atom is 0.352 e. The number of hydrogen-bond donors (Lipinski definition) is 1. The fourth-order valence-corrected chi connectivity index (χ4v) is 1.22. The average molecular weight is 219 g/mol. The van der Waals surface area contributed by atoms with Crippen molar-refractivity contribution >= 4 is 11.7 Å². The Balaban J connectivity index is 2.31.